The molecule has 0 bridgehead atoms. The van der Waals surface area contributed by atoms with Gasteiger partial charge in [-0.15, -0.1) is 0 Å². The monoisotopic (exact) mass is 289 g/mol. The number of fused-ring (bicyclic) bond motifs is 2. The number of nitrogens with zero attached hydrogens (tertiary/aromatic N) is 2. The van der Waals surface area contributed by atoms with Crippen molar-refractivity contribution in [3.8, 4) is 0 Å². The van der Waals surface area contributed by atoms with Crippen LogP contribution in [0.3, 0.4) is 0 Å². The van der Waals surface area contributed by atoms with Gasteiger partial charge in [0.2, 0.25) is 0 Å². The van der Waals surface area contributed by atoms with Crippen LogP contribution in [0.2, 0.25) is 0 Å². The van der Waals surface area contributed by atoms with Crippen molar-refractivity contribution in [2.75, 3.05) is 0 Å². The fraction of sp³-hybridized carbons (Fsp3) is 0.111. The molecule has 0 aliphatic carbocycles. The van der Waals surface area contributed by atoms with Crippen molar-refractivity contribution in [3.63, 3.8) is 0 Å². The first-order chi connectivity index (χ1) is 10.7. The lowest BCUT2D eigenvalue weighted by atomic mass is 10.1. The summed E-state index contributed by atoms with van der Waals surface area (Å²) in [6.45, 7) is 2.45. The fourth-order valence-electron chi connectivity index (χ4n) is 2.82. The second-order valence-corrected chi connectivity index (χ2v) is 5.57. The summed E-state index contributed by atoms with van der Waals surface area (Å²) in [5, 5.41) is 3.02. The Morgan fingerprint density at radius 1 is 1.09 bits per heavy atom. The Hall–Kier alpha value is -2.88. The maximum Gasteiger partial charge on any atom is 0.263 e. The van der Waals surface area contributed by atoms with Gasteiger partial charge in [-0.05, 0) is 35.4 Å². The van der Waals surface area contributed by atoms with Gasteiger partial charge in [-0.25, -0.2) is 4.98 Å². The van der Waals surface area contributed by atoms with Gasteiger partial charge in [0, 0.05) is 5.69 Å². The van der Waals surface area contributed by atoms with Crippen LogP contribution in [0.25, 0.3) is 21.8 Å². The lowest BCUT2D eigenvalue weighted by Gasteiger charge is -2.07. The van der Waals surface area contributed by atoms with E-state index in [-0.39, 0.29) is 5.56 Å². The van der Waals surface area contributed by atoms with Crippen molar-refractivity contribution in [2.45, 2.75) is 13.5 Å². The molecular weight excluding hydrogens is 274 g/mol. The van der Waals surface area contributed by atoms with E-state index in [0.29, 0.717) is 17.6 Å². The number of hydrogen-bond donors (Lipinski definition) is 1. The van der Waals surface area contributed by atoms with E-state index in [9.17, 15) is 4.79 Å². The van der Waals surface area contributed by atoms with E-state index in [1.807, 2.05) is 25.1 Å². The maximum absolute atomic E-state index is 12.5. The molecule has 0 aliphatic rings. The van der Waals surface area contributed by atoms with Gasteiger partial charge >= 0.3 is 0 Å². The SMILES string of the molecule is Cc1cc2c(=O)n(Cc3ccc4ccccc4c3)cnc2[nH]1. The van der Waals surface area contributed by atoms with Crippen LogP contribution < -0.4 is 5.56 Å². The summed E-state index contributed by atoms with van der Waals surface area (Å²) in [7, 11) is 0. The molecule has 4 rings (SSSR count). The molecule has 2 heterocycles. The minimum atomic E-state index is -0.0116. The second-order valence-electron chi connectivity index (χ2n) is 5.57. The summed E-state index contributed by atoms with van der Waals surface area (Å²) in [5.41, 5.74) is 2.68. The van der Waals surface area contributed by atoms with Gasteiger partial charge in [-0.1, -0.05) is 36.4 Å². The molecule has 0 spiro atoms. The van der Waals surface area contributed by atoms with Crippen molar-refractivity contribution < 1.29 is 0 Å². The number of benzene rings is 2. The van der Waals surface area contributed by atoms with E-state index in [2.05, 4.69) is 40.3 Å². The zero-order valence-electron chi connectivity index (χ0n) is 12.2. The van der Waals surface area contributed by atoms with Crippen LogP contribution in [-0.4, -0.2) is 14.5 Å². The summed E-state index contributed by atoms with van der Waals surface area (Å²) >= 11 is 0. The van der Waals surface area contributed by atoms with E-state index in [1.165, 1.54) is 10.8 Å². The molecule has 0 amide bonds. The molecule has 0 saturated carbocycles. The predicted molar refractivity (Wildman–Crippen MR) is 88.1 cm³/mol. The Balaban J connectivity index is 1.78. The second kappa shape index (κ2) is 4.84. The van der Waals surface area contributed by atoms with Crippen LogP contribution >= 0.6 is 0 Å². The molecule has 0 radical (unpaired) electrons. The lowest BCUT2D eigenvalue weighted by molar-refractivity contribution is 0.748. The maximum atomic E-state index is 12.5. The molecule has 4 nitrogen and oxygen atoms in total. The Morgan fingerprint density at radius 2 is 1.91 bits per heavy atom. The van der Waals surface area contributed by atoms with Crippen LogP contribution in [0.1, 0.15) is 11.3 Å². The normalized spacial score (nSPS) is 11.3. The number of rotatable bonds is 2. The Morgan fingerprint density at radius 3 is 2.77 bits per heavy atom. The third-order valence-corrected chi connectivity index (χ3v) is 3.92. The number of nitrogens with one attached hydrogen (secondary N) is 1. The zero-order valence-corrected chi connectivity index (χ0v) is 12.2. The highest BCUT2D eigenvalue weighted by Gasteiger charge is 2.07. The molecule has 0 fully saturated rings. The minimum absolute atomic E-state index is 0.0116. The molecule has 2 aromatic carbocycles. The van der Waals surface area contributed by atoms with Gasteiger partial charge < -0.3 is 4.98 Å². The number of aryl methyl sites for hydroxylation is 1. The largest absolute Gasteiger partial charge is 0.343 e. The quantitative estimate of drug-likeness (QED) is 0.616. The van der Waals surface area contributed by atoms with Crippen LogP contribution in [0, 0.1) is 6.92 Å². The molecular formula is C18H15N3O. The standard InChI is InChI=1S/C18H15N3O/c1-12-8-16-17(20-12)19-11-21(18(16)22)10-13-6-7-14-4-2-3-5-15(14)9-13/h2-9,11,20H,10H2,1H3. The van der Waals surface area contributed by atoms with Gasteiger partial charge in [0.15, 0.2) is 0 Å². The smallest absolute Gasteiger partial charge is 0.263 e. The minimum Gasteiger partial charge on any atom is -0.343 e. The summed E-state index contributed by atoms with van der Waals surface area (Å²) in [6.07, 6.45) is 1.61. The molecule has 4 heteroatoms. The molecule has 22 heavy (non-hydrogen) atoms. The molecule has 108 valence electrons. The van der Waals surface area contributed by atoms with E-state index in [1.54, 1.807) is 10.9 Å². The highest BCUT2D eigenvalue weighted by Crippen LogP contribution is 2.16. The van der Waals surface area contributed by atoms with Crippen LogP contribution in [-0.2, 0) is 6.54 Å². The number of aromatic amines is 1. The number of hydrogen-bond acceptors (Lipinski definition) is 2. The fourth-order valence-corrected chi connectivity index (χ4v) is 2.82. The van der Waals surface area contributed by atoms with Gasteiger partial charge in [-0.2, -0.15) is 0 Å². The van der Waals surface area contributed by atoms with Gasteiger partial charge in [-0.3, -0.25) is 9.36 Å². The first-order valence-corrected chi connectivity index (χ1v) is 7.23. The highest BCUT2D eigenvalue weighted by molar-refractivity contribution is 5.83. The summed E-state index contributed by atoms with van der Waals surface area (Å²) in [5.74, 6) is 0. The van der Waals surface area contributed by atoms with Crippen molar-refractivity contribution in [3.05, 3.63) is 76.5 Å². The topological polar surface area (TPSA) is 50.7 Å². The van der Waals surface area contributed by atoms with Crippen molar-refractivity contribution in [1.29, 1.82) is 0 Å². The molecule has 0 atom stereocenters. The van der Waals surface area contributed by atoms with Crippen LogP contribution in [0.5, 0.6) is 0 Å². The highest BCUT2D eigenvalue weighted by atomic mass is 16.1. The van der Waals surface area contributed by atoms with E-state index in [4.69, 9.17) is 0 Å². The lowest BCUT2D eigenvalue weighted by Crippen LogP contribution is -2.20. The molecule has 4 aromatic rings. The van der Waals surface area contributed by atoms with Gasteiger partial charge in [0.25, 0.3) is 5.56 Å². The molecule has 0 saturated heterocycles. The predicted octanol–water partition coefficient (Wildman–Crippen LogP) is 3.23. The van der Waals surface area contributed by atoms with E-state index >= 15 is 0 Å². The Kier molecular flexibility index (Phi) is 2.82. The van der Waals surface area contributed by atoms with Crippen molar-refractivity contribution >= 4 is 21.8 Å². The van der Waals surface area contributed by atoms with Crippen molar-refractivity contribution in [2.24, 2.45) is 0 Å². The molecule has 0 aliphatic heterocycles. The third kappa shape index (κ3) is 2.09. The zero-order chi connectivity index (χ0) is 15.1. The summed E-state index contributed by atoms with van der Waals surface area (Å²) in [4.78, 5) is 19.9. The Bertz CT molecular complexity index is 1040. The van der Waals surface area contributed by atoms with Crippen molar-refractivity contribution in [1.82, 2.24) is 14.5 Å². The van der Waals surface area contributed by atoms with Gasteiger partial charge in [0.05, 0.1) is 11.9 Å². The average Bonchev–Trinajstić information content (AvgIpc) is 2.91. The molecule has 2 aromatic heterocycles. The van der Waals surface area contributed by atoms with Crippen LogP contribution in [0.15, 0.2) is 59.7 Å². The van der Waals surface area contributed by atoms with Crippen LogP contribution in [0.4, 0.5) is 0 Å². The summed E-state index contributed by atoms with van der Waals surface area (Å²) in [6, 6.07) is 16.3. The van der Waals surface area contributed by atoms with E-state index < -0.39 is 0 Å². The third-order valence-electron chi connectivity index (χ3n) is 3.92. The first kappa shape index (κ1) is 12.8. The van der Waals surface area contributed by atoms with Gasteiger partial charge in [0.1, 0.15) is 12.0 Å². The molecule has 0 unspecified atom stereocenters. The molecule has 1 N–H and O–H groups in total. The Labute approximate surface area is 127 Å². The van der Waals surface area contributed by atoms with E-state index in [0.717, 1.165) is 11.3 Å². The first-order valence-electron chi connectivity index (χ1n) is 7.23. The average molecular weight is 289 g/mol. The number of aromatic nitrogens is 3. The number of H-pyrrole nitrogens is 1. The summed E-state index contributed by atoms with van der Waals surface area (Å²) < 4.78 is 1.65.